The number of aromatic amines is 1. The van der Waals surface area contributed by atoms with Crippen LogP contribution in [0.25, 0.3) is 27.9 Å². The van der Waals surface area contributed by atoms with Crippen molar-refractivity contribution in [2.45, 2.75) is 26.2 Å². The van der Waals surface area contributed by atoms with Crippen LogP contribution in [0.1, 0.15) is 42.5 Å². The van der Waals surface area contributed by atoms with E-state index in [9.17, 15) is 4.79 Å². The molecule has 4 rings (SSSR count). The number of pyridine rings is 1. The zero-order valence-electron chi connectivity index (χ0n) is 12.6. The molecule has 1 aliphatic heterocycles. The highest BCUT2D eigenvalue weighted by Gasteiger charge is 2.26. The number of rotatable bonds is 0. The fourth-order valence-corrected chi connectivity index (χ4v) is 2.83. The molecule has 22 heavy (non-hydrogen) atoms. The molecule has 0 bridgehead atoms. The van der Waals surface area contributed by atoms with Gasteiger partial charge in [0, 0.05) is 40.3 Å². The summed E-state index contributed by atoms with van der Waals surface area (Å²) in [5.41, 5.74) is 3.10. The van der Waals surface area contributed by atoms with Crippen LogP contribution in [0.5, 0.6) is 0 Å². The van der Waals surface area contributed by atoms with Gasteiger partial charge in [-0.15, -0.1) is 0 Å². The van der Waals surface area contributed by atoms with Gasteiger partial charge in [0.15, 0.2) is 0 Å². The van der Waals surface area contributed by atoms with Crippen LogP contribution in [0.2, 0.25) is 0 Å². The molecular weight excluding hydrogens is 276 g/mol. The molecular formula is C17H15N4O. The van der Waals surface area contributed by atoms with Gasteiger partial charge in [-0.05, 0) is 12.1 Å². The van der Waals surface area contributed by atoms with E-state index in [1.165, 1.54) is 0 Å². The molecule has 0 saturated carbocycles. The van der Waals surface area contributed by atoms with Crippen LogP contribution in [-0.2, 0) is 5.41 Å². The van der Waals surface area contributed by atoms with E-state index in [0.29, 0.717) is 5.56 Å². The fourth-order valence-electron chi connectivity index (χ4n) is 2.83. The van der Waals surface area contributed by atoms with Crippen molar-refractivity contribution in [3.63, 3.8) is 0 Å². The highest BCUT2D eigenvalue weighted by atomic mass is 16.1. The third kappa shape index (κ3) is 1.68. The van der Waals surface area contributed by atoms with Gasteiger partial charge >= 0.3 is 0 Å². The summed E-state index contributed by atoms with van der Waals surface area (Å²) >= 11 is 0. The molecule has 1 aliphatic rings. The molecule has 0 aliphatic carbocycles. The number of H-pyrrole nitrogens is 1. The number of hydrogen-bond acceptors (Lipinski definition) is 3. The summed E-state index contributed by atoms with van der Waals surface area (Å²) in [6.45, 7) is 6.32. The summed E-state index contributed by atoms with van der Waals surface area (Å²) < 4.78 is 0. The lowest BCUT2D eigenvalue weighted by atomic mass is 9.96. The highest BCUT2D eigenvalue weighted by Crippen LogP contribution is 2.35. The third-order valence-electron chi connectivity index (χ3n) is 3.95. The number of imidazole rings is 1. The van der Waals surface area contributed by atoms with Crippen LogP contribution in [0.15, 0.2) is 24.7 Å². The van der Waals surface area contributed by atoms with Crippen molar-refractivity contribution in [1.29, 1.82) is 0 Å². The SMILES string of the molecule is CC(C)(C)c1nc2c([nH]1)c1c(c3ccncc32)C(=O)[N]C=C1. The first kappa shape index (κ1) is 13.0. The second-order valence-electron chi connectivity index (χ2n) is 6.52. The molecule has 5 nitrogen and oxygen atoms in total. The van der Waals surface area contributed by atoms with E-state index in [-0.39, 0.29) is 11.3 Å². The maximum atomic E-state index is 12.3. The van der Waals surface area contributed by atoms with Crippen LogP contribution in [0.4, 0.5) is 0 Å². The predicted molar refractivity (Wildman–Crippen MR) is 85.6 cm³/mol. The van der Waals surface area contributed by atoms with E-state index in [0.717, 1.165) is 33.2 Å². The number of benzene rings is 1. The Morgan fingerprint density at radius 2 is 2.00 bits per heavy atom. The van der Waals surface area contributed by atoms with Gasteiger partial charge < -0.3 is 4.98 Å². The van der Waals surface area contributed by atoms with Gasteiger partial charge in [-0.2, -0.15) is 0 Å². The largest absolute Gasteiger partial charge is 0.341 e. The van der Waals surface area contributed by atoms with Crippen LogP contribution < -0.4 is 5.32 Å². The molecule has 2 aromatic heterocycles. The Bertz CT molecular complexity index is 960. The van der Waals surface area contributed by atoms with Crippen molar-refractivity contribution in [3.05, 3.63) is 41.6 Å². The van der Waals surface area contributed by atoms with Crippen molar-refractivity contribution in [2.75, 3.05) is 0 Å². The molecule has 1 amide bonds. The number of fused-ring (bicyclic) bond motifs is 6. The van der Waals surface area contributed by atoms with Gasteiger partial charge in [0.05, 0.1) is 16.6 Å². The van der Waals surface area contributed by atoms with Crippen molar-refractivity contribution < 1.29 is 4.79 Å². The first-order valence-corrected chi connectivity index (χ1v) is 7.18. The Hall–Kier alpha value is -2.69. The van der Waals surface area contributed by atoms with Crippen molar-refractivity contribution in [2.24, 2.45) is 0 Å². The zero-order valence-corrected chi connectivity index (χ0v) is 12.6. The predicted octanol–water partition coefficient (Wildman–Crippen LogP) is 3.14. The smallest absolute Gasteiger partial charge is 0.278 e. The third-order valence-corrected chi connectivity index (χ3v) is 3.95. The Morgan fingerprint density at radius 1 is 1.18 bits per heavy atom. The average Bonchev–Trinajstić information content (AvgIpc) is 2.93. The minimum Gasteiger partial charge on any atom is -0.341 e. The highest BCUT2D eigenvalue weighted by molar-refractivity contribution is 6.20. The Kier molecular flexibility index (Phi) is 2.46. The molecule has 5 heteroatoms. The van der Waals surface area contributed by atoms with Gasteiger partial charge in [0.25, 0.3) is 5.91 Å². The monoisotopic (exact) mass is 291 g/mol. The van der Waals surface area contributed by atoms with E-state index in [1.807, 2.05) is 12.1 Å². The van der Waals surface area contributed by atoms with Gasteiger partial charge in [-0.25, -0.2) is 10.3 Å². The average molecular weight is 291 g/mol. The Balaban J connectivity index is 2.24. The second-order valence-corrected chi connectivity index (χ2v) is 6.52. The summed E-state index contributed by atoms with van der Waals surface area (Å²) in [5, 5.41) is 5.64. The van der Waals surface area contributed by atoms with Gasteiger partial charge in [0.1, 0.15) is 5.82 Å². The molecule has 109 valence electrons. The van der Waals surface area contributed by atoms with E-state index < -0.39 is 0 Å². The molecule has 3 aromatic rings. The summed E-state index contributed by atoms with van der Waals surface area (Å²) in [6.07, 6.45) is 6.87. The lowest BCUT2D eigenvalue weighted by Gasteiger charge is -2.14. The first-order chi connectivity index (χ1) is 10.5. The summed E-state index contributed by atoms with van der Waals surface area (Å²) in [5.74, 6) is 0.673. The molecule has 0 spiro atoms. The number of amides is 1. The molecule has 1 N–H and O–H groups in total. The number of carbonyl (C=O) groups excluding carboxylic acids is 1. The van der Waals surface area contributed by atoms with E-state index >= 15 is 0 Å². The molecule has 1 aromatic carbocycles. The van der Waals surface area contributed by atoms with E-state index in [4.69, 9.17) is 4.98 Å². The standard InChI is InChI=1S/C17H15N4O/c1-17(2,3)16-20-13-10-5-7-19-15(22)12(10)9-4-6-18-8-11(9)14(13)21-16/h4-8H,1-3H3,(H,20,21). The molecule has 1 radical (unpaired) electrons. The van der Waals surface area contributed by atoms with E-state index in [1.54, 1.807) is 18.6 Å². The number of nitrogens with zero attached hydrogens (tertiary/aromatic N) is 3. The molecule has 0 fully saturated rings. The van der Waals surface area contributed by atoms with Crippen molar-refractivity contribution >= 4 is 33.8 Å². The lowest BCUT2D eigenvalue weighted by molar-refractivity contribution is 0.0966. The van der Waals surface area contributed by atoms with Crippen LogP contribution >= 0.6 is 0 Å². The number of aromatic nitrogens is 3. The quantitative estimate of drug-likeness (QED) is 0.691. The van der Waals surface area contributed by atoms with Gasteiger partial charge in [-0.1, -0.05) is 20.8 Å². The van der Waals surface area contributed by atoms with Crippen molar-refractivity contribution in [1.82, 2.24) is 20.3 Å². The topological polar surface area (TPSA) is 72.7 Å². The maximum Gasteiger partial charge on any atom is 0.278 e. The van der Waals surface area contributed by atoms with Crippen LogP contribution in [0, 0.1) is 0 Å². The first-order valence-electron chi connectivity index (χ1n) is 7.18. The molecule has 0 saturated heterocycles. The van der Waals surface area contributed by atoms with E-state index in [2.05, 4.69) is 36.1 Å². The van der Waals surface area contributed by atoms with Crippen LogP contribution in [0.3, 0.4) is 0 Å². The van der Waals surface area contributed by atoms with Gasteiger partial charge in [0.2, 0.25) is 0 Å². The summed E-state index contributed by atoms with van der Waals surface area (Å²) in [4.78, 5) is 24.6. The number of carbonyl (C=O) groups is 1. The molecule has 0 atom stereocenters. The minimum absolute atomic E-state index is 0.104. The summed E-state index contributed by atoms with van der Waals surface area (Å²) in [6, 6.07) is 1.85. The number of nitrogens with one attached hydrogen (secondary N) is 1. The normalized spacial score (nSPS) is 14.4. The number of hydrogen-bond donors (Lipinski definition) is 1. The lowest BCUT2D eigenvalue weighted by Crippen LogP contribution is -2.16. The van der Waals surface area contributed by atoms with Gasteiger partial charge in [-0.3, -0.25) is 9.78 Å². The maximum absolute atomic E-state index is 12.3. The Morgan fingerprint density at radius 3 is 2.77 bits per heavy atom. The Labute approximate surface area is 127 Å². The fraction of sp³-hybridized carbons (Fsp3) is 0.235. The molecule has 0 unspecified atom stereocenters. The van der Waals surface area contributed by atoms with Crippen molar-refractivity contribution in [3.8, 4) is 0 Å². The minimum atomic E-state index is -0.220. The van der Waals surface area contributed by atoms with Crippen LogP contribution in [-0.4, -0.2) is 20.9 Å². The zero-order chi connectivity index (χ0) is 15.5. The molecule has 3 heterocycles. The second kappa shape index (κ2) is 4.16. The summed E-state index contributed by atoms with van der Waals surface area (Å²) in [7, 11) is 0.